The van der Waals surface area contributed by atoms with E-state index in [0.29, 0.717) is 26.3 Å². The maximum absolute atomic E-state index is 11.3. The van der Waals surface area contributed by atoms with E-state index in [2.05, 4.69) is 5.32 Å². The first kappa shape index (κ1) is 10.8. The van der Waals surface area contributed by atoms with Gasteiger partial charge in [0, 0.05) is 20.1 Å². The number of nitrogens with zero attached hydrogens (tertiary/aromatic N) is 1. The second kappa shape index (κ2) is 5.43. The molecule has 0 aromatic heterocycles. The molecule has 0 saturated carbocycles. The maximum Gasteiger partial charge on any atom is 0.410 e. The first-order valence-corrected chi connectivity index (χ1v) is 4.44. The van der Waals surface area contributed by atoms with Crippen LogP contribution in [0.15, 0.2) is 0 Å². The Bertz CT molecular complexity index is 213. The van der Waals surface area contributed by atoms with Gasteiger partial charge in [-0.3, -0.25) is 4.79 Å². The lowest BCUT2D eigenvalue weighted by molar-refractivity contribution is -0.123. The lowest BCUT2D eigenvalue weighted by atomic mass is 10.5. The number of likely N-dealkylation sites (N-methyl/N-ethyl adjacent to an activating group) is 1. The molecule has 14 heavy (non-hydrogen) atoms. The number of rotatable bonds is 2. The number of carbonyl (C=O) groups excluding carboxylic acids is 2. The molecular formula is C8H14N2O4. The number of morpholine rings is 1. The second-order valence-electron chi connectivity index (χ2n) is 2.83. The third kappa shape index (κ3) is 3.21. The summed E-state index contributed by atoms with van der Waals surface area (Å²) >= 11 is 0. The minimum Gasteiger partial charge on any atom is -0.439 e. The topological polar surface area (TPSA) is 67.9 Å². The van der Waals surface area contributed by atoms with Crippen molar-refractivity contribution < 1.29 is 19.1 Å². The van der Waals surface area contributed by atoms with Crippen molar-refractivity contribution >= 4 is 12.0 Å². The van der Waals surface area contributed by atoms with Gasteiger partial charge in [0.1, 0.15) is 0 Å². The van der Waals surface area contributed by atoms with Crippen molar-refractivity contribution in [3.8, 4) is 0 Å². The standard InChI is InChI=1S/C8H14N2O4/c1-9-7(11)6-14-8(12)10-2-4-13-5-3-10/h2-6H2,1H3,(H,9,11). The number of ether oxygens (including phenoxy) is 2. The van der Waals surface area contributed by atoms with E-state index in [-0.39, 0.29) is 12.5 Å². The smallest absolute Gasteiger partial charge is 0.410 e. The highest BCUT2D eigenvalue weighted by Crippen LogP contribution is 1.99. The summed E-state index contributed by atoms with van der Waals surface area (Å²) in [5.41, 5.74) is 0. The highest BCUT2D eigenvalue weighted by molar-refractivity contribution is 5.79. The van der Waals surface area contributed by atoms with Gasteiger partial charge in [0.05, 0.1) is 13.2 Å². The zero-order chi connectivity index (χ0) is 10.4. The molecule has 0 aromatic rings. The molecule has 0 radical (unpaired) electrons. The molecule has 2 amide bonds. The summed E-state index contributed by atoms with van der Waals surface area (Å²) in [6, 6.07) is 0. The van der Waals surface area contributed by atoms with Crippen LogP contribution in [0.25, 0.3) is 0 Å². The van der Waals surface area contributed by atoms with Gasteiger partial charge in [0.2, 0.25) is 0 Å². The van der Waals surface area contributed by atoms with Crippen molar-refractivity contribution in [2.75, 3.05) is 40.0 Å². The van der Waals surface area contributed by atoms with Gasteiger partial charge in [-0.25, -0.2) is 4.79 Å². The number of amides is 2. The maximum atomic E-state index is 11.3. The number of hydrogen-bond donors (Lipinski definition) is 1. The van der Waals surface area contributed by atoms with E-state index in [0.717, 1.165) is 0 Å². The van der Waals surface area contributed by atoms with Crippen molar-refractivity contribution in [2.45, 2.75) is 0 Å². The van der Waals surface area contributed by atoms with Gasteiger partial charge in [-0.1, -0.05) is 0 Å². The molecule has 1 fully saturated rings. The summed E-state index contributed by atoms with van der Waals surface area (Å²) < 4.78 is 9.82. The van der Waals surface area contributed by atoms with Crippen LogP contribution in [0.2, 0.25) is 0 Å². The molecule has 1 aliphatic rings. The summed E-state index contributed by atoms with van der Waals surface area (Å²) in [4.78, 5) is 23.6. The van der Waals surface area contributed by atoms with Crippen LogP contribution in [0.1, 0.15) is 0 Å². The Morgan fingerprint density at radius 1 is 1.43 bits per heavy atom. The molecule has 6 heteroatoms. The van der Waals surface area contributed by atoms with Crippen molar-refractivity contribution in [3.63, 3.8) is 0 Å². The molecule has 1 rings (SSSR count). The van der Waals surface area contributed by atoms with Gasteiger partial charge < -0.3 is 19.7 Å². The van der Waals surface area contributed by atoms with E-state index in [1.807, 2.05) is 0 Å². The Labute approximate surface area is 82.1 Å². The van der Waals surface area contributed by atoms with E-state index < -0.39 is 6.09 Å². The Morgan fingerprint density at radius 2 is 2.07 bits per heavy atom. The van der Waals surface area contributed by atoms with Gasteiger partial charge >= 0.3 is 6.09 Å². The van der Waals surface area contributed by atoms with Crippen LogP contribution in [-0.4, -0.2) is 56.9 Å². The number of carbonyl (C=O) groups is 2. The summed E-state index contributed by atoms with van der Waals surface area (Å²) in [5, 5.41) is 2.36. The van der Waals surface area contributed by atoms with Crippen molar-refractivity contribution in [1.29, 1.82) is 0 Å². The van der Waals surface area contributed by atoms with E-state index >= 15 is 0 Å². The van der Waals surface area contributed by atoms with E-state index in [1.54, 1.807) is 0 Å². The third-order valence-electron chi connectivity index (χ3n) is 1.87. The summed E-state index contributed by atoms with van der Waals surface area (Å²) in [6.45, 7) is 1.86. The Kier molecular flexibility index (Phi) is 4.18. The van der Waals surface area contributed by atoms with Gasteiger partial charge in [-0.15, -0.1) is 0 Å². The van der Waals surface area contributed by atoms with Crippen molar-refractivity contribution in [2.24, 2.45) is 0 Å². The number of nitrogens with one attached hydrogen (secondary N) is 1. The van der Waals surface area contributed by atoms with Crippen LogP contribution in [-0.2, 0) is 14.3 Å². The first-order chi connectivity index (χ1) is 6.74. The highest BCUT2D eigenvalue weighted by Gasteiger charge is 2.18. The van der Waals surface area contributed by atoms with Gasteiger partial charge in [-0.2, -0.15) is 0 Å². The molecule has 0 aromatic carbocycles. The summed E-state index contributed by atoms with van der Waals surface area (Å²) in [5.74, 6) is -0.313. The minimum atomic E-state index is -0.461. The molecule has 1 heterocycles. The van der Waals surface area contributed by atoms with Gasteiger partial charge in [-0.05, 0) is 0 Å². The average molecular weight is 202 g/mol. The molecule has 1 saturated heterocycles. The second-order valence-corrected chi connectivity index (χ2v) is 2.83. The fourth-order valence-corrected chi connectivity index (χ4v) is 1.04. The molecule has 1 aliphatic heterocycles. The zero-order valence-electron chi connectivity index (χ0n) is 8.12. The lowest BCUT2D eigenvalue weighted by Gasteiger charge is -2.25. The predicted molar refractivity (Wildman–Crippen MR) is 47.8 cm³/mol. The van der Waals surface area contributed by atoms with Crippen LogP contribution in [0.5, 0.6) is 0 Å². The molecule has 0 spiro atoms. The van der Waals surface area contributed by atoms with Crippen LogP contribution < -0.4 is 5.32 Å². The molecule has 0 bridgehead atoms. The minimum absolute atomic E-state index is 0.229. The largest absolute Gasteiger partial charge is 0.439 e. The molecule has 0 atom stereocenters. The normalized spacial score (nSPS) is 16.2. The number of hydrogen-bond acceptors (Lipinski definition) is 4. The molecular weight excluding hydrogens is 188 g/mol. The van der Waals surface area contributed by atoms with E-state index in [1.165, 1.54) is 11.9 Å². The molecule has 0 unspecified atom stereocenters. The van der Waals surface area contributed by atoms with E-state index in [9.17, 15) is 9.59 Å². The van der Waals surface area contributed by atoms with Gasteiger partial charge in [0.25, 0.3) is 5.91 Å². The monoisotopic (exact) mass is 202 g/mol. The molecule has 0 aliphatic carbocycles. The quantitative estimate of drug-likeness (QED) is 0.636. The summed E-state index contributed by atoms with van der Waals surface area (Å²) in [6.07, 6.45) is -0.461. The fraction of sp³-hybridized carbons (Fsp3) is 0.750. The SMILES string of the molecule is CNC(=O)COC(=O)N1CCOCC1. The third-order valence-corrected chi connectivity index (χ3v) is 1.87. The fourth-order valence-electron chi connectivity index (χ4n) is 1.04. The van der Waals surface area contributed by atoms with Crippen LogP contribution in [0.4, 0.5) is 4.79 Å². The Hall–Kier alpha value is -1.30. The molecule has 6 nitrogen and oxygen atoms in total. The molecule has 80 valence electrons. The van der Waals surface area contributed by atoms with Crippen molar-refractivity contribution in [1.82, 2.24) is 10.2 Å². The predicted octanol–water partition coefficient (Wildman–Crippen LogP) is -0.799. The first-order valence-electron chi connectivity index (χ1n) is 4.44. The lowest BCUT2D eigenvalue weighted by Crippen LogP contribution is -2.42. The summed E-state index contributed by atoms with van der Waals surface area (Å²) in [7, 11) is 1.49. The van der Waals surface area contributed by atoms with Crippen LogP contribution in [0, 0.1) is 0 Å². The van der Waals surface area contributed by atoms with Crippen LogP contribution in [0.3, 0.4) is 0 Å². The van der Waals surface area contributed by atoms with E-state index in [4.69, 9.17) is 9.47 Å². The molecule has 1 N–H and O–H groups in total. The van der Waals surface area contributed by atoms with Gasteiger partial charge in [0.15, 0.2) is 6.61 Å². The zero-order valence-corrected chi connectivity index (χ0v) is 8.12. The average Bonchev–Trinajstić information content (AvgIpc) is 2.26. The Balaban J connectivity index is 2.23. The van der Waals surface area contributed by atoms with Crippen LogP contribution >= 0.6 is 0 Å². The Morgan fingerprint density at radius 3 is 2.64 bits per heavy atom. The van der Waals surface area contributed by atoms with Crippen molar-refractivity contribution in [3.05, 3.63) is 0 Å². The highest BCUT2D eigenvalue weighted by atomic mass is 16.6.